The Bertz CT molecular complexity index is 940. The van der Waals surface area contributed by atoms with Gasteiger partial charge in [0.15, 0.2) is 0 Å². The van der Waals surface area contributed by atoms with Gasteiger partial charge in [-0.05, 0) is 44.9 Å². The number of hydrogen-bond acceptors (Lipinski definition) is 6. The fraction of sp³-hybridized carbons (Fsp3) is 0.350. The molecule has 5 nitrogen and oxygen atoms in total. The number of carbonyl (C=O) groups is 1. The van der Waals surface area contributed by atoms with E-state index in [9.17, 15) is 4.79 Å². The van der Waals surface area contributed by atoms with Crippen molar-refractivity contribution < 1.29 is 9.53 Å². The van der Waals surface area contributed by atoms with E-state index in [2.05, 4.69) is 29.1 Å². The molecule has 27 heavy (non-hydrogen) atoms. The van der Waals surface area contributed by atoms with Crippen LogP contribution in [0.2, 0.25) is 0 Å². The second kappa shape index (κ2) is 9.30. The van der Waals surface area contributed by atoms with Crippen molar-refractivity contribution in [1.29, 1.82) is 0 Å². The summed E-state index contributed by atoms with van der Waals surface area (Å²) in [5.41, 5.74) is 1.87. The molecule has 2 heterocycles. The maximum atomic E-state index is 12.6. The highest BCUT2D eigenvalue weighted by atomic mass is 32.2. The molecule has 0 saturated carbocycles. The van der Waals surface area contributed by atoms with E-state index in [0.29, 0.717) is 25.3 Å². The molecular formula is C20H23N3O2S2. The summed E-state index contributed by atoms with van der Waals surface area (Å²) in [5.74, 6) is -0.0712. The highest BCUT2D eigenvalue weighted by Crippen LogP contribution is 2.38. The van der Waals surface area contributed by atoms with Crippen LogP contribution < -0.4 is 5.32 Å². The van der Waals surface area contributed by atoms with Crippen LogP contribution in [0, 0.1) is 13.8 Å². The molecule has 0 saturated heterocycles. The molecule has 1 amide bonds. The molecule has 1 N–H and O–H groups in total. The number of hydrogen-bond donors (Lipinski definition) is 1. The standard InChI is InChI=1S/C20H23N3O2S2/c1-4-25-11-7-10-21-18(24)15-8-5-6-9-16(15)27-20-17-13(2)14(3)26-19(17)22-12-23-20/h5-6,8-9,12H,4,7,10-11H2,1-3H3,(H,21,24). The molecular weight excluding hydrogens is 378 g/mol. The molecule has 0 aliphatic heterocycles. The number of thiophene rings is 1. The van der Waals surface area contributed by atoms with E-state index in [1.165, 1.54) is 22.2 Å². The normalized spacial score (nSPS) is 11.1. The van der Waals surface area contributed by atoms with Gasteiger partial charge < -0.3 is 10.1 Å². The molecule has 3 rings (SSSR count). The first-order chi connectivity index (χ1) is 13.1. The minimum atomic E-state index is -0.0712. The fourth-order valence-corrected chi connectivity index (χ4v) is 4.83. The number of rotatable bonds is 8. The molecule has 0 bridgehead atoms. The zero-order valence-corrected chi connectivity index (χ0v) is 17.4. The number of nitrogens with zero attached hydrogens (tertiary/aromatic N) is 2. The summed E-state index contributed by atoms with van der Waals surface area (Å²) >= 11 is 3.19. The monoisotopic (exact) mass is 401 g/mol. The van der Waals surface area contributed by atoms with Crippen molar-refractivity contribution in [2.24, 2.45) is 0 Å². The number of carbonyl (C=O) groups excluding carboxylic acids is 1. The topological polar surface area (TPSA) is 64.1 Å². The highest BCUT2D eigenvalue weighted by Gasteiger charge is 2.16. The smallest absolute Gasteiger partial charge is 0.252 e. The summed E-state index contributed by atoms with van der Waals surface area (Å²) < 4.78 is 5.31. The maximum absolute atomic E-state index is 12.6. The summed E-state index contributed by atoms with van der Waals surface area (Å²) in [5, 5.41) is 4.94. The van der Waals surface area contributed by atoms with Gasteiger partial charge in [0.25, 0.3) is 5.91 Å². The molecule has 0 radical (unpaired) electrons. The first-order valence-electron chi connectivity index (χ1n) is 8.95. The van der Waals surface area contributed by atoms with E-state index in [1.807, 2.05) is 31.2 Å². The van der Waals surface area contributed by atoms with Crippen molar-refractivity contribution in [3.8, 4) is 0 Å². The number of amides is 1. The number of nitrogens with one attached hydrogen (secondary N) is 1. The van der Waals surface area contributed by atoms with E-state index in [4.69, 9.17) is 4.74 Å². The van der Waals surface area contributed by atoms with Gasteiger partial charge in [0.05, 0.1) is 5.56 Å². The summed E-state index contributed by atoms with van der Waals surface area (Å²) in [6.45, 7) is 8.11. The Kier molecular flexibility index (Phi) is 6.82. The maximum Gasteiger partial charge on any atom is 0.252 e. The number of ether oxygens (including phenoxy) is 1. The third kappa shape index (κ3) is 4.66. The summed E-state index contributed by atoms with van der Waals surface area (Å²) in [6, 6.07) is 7.64. The number of fused-ring (bicyclic) bond motifs is 1. The predicted molar refractivity (Wildman–Crippen MR) is 111 cm³/mol. The van der Waals surface area contributed by atoms with Gasteiger partial charge >= 0.3 is 0 Å². The summed E-state index contributed by atoms with van der Waals surface area (Å²) in [6.07, 6.45) is 2.39. The van der Waals surface area contributed by atoms with Crippen molar-refractivity contribution >= 4 is 39.2 Å². The second-order valence-corrected chi connectivity index (χ2v) is 8.28. The number of aryl methyl sites for hydroxylation is 2. The van der Waals surface area contributed by atoms with Crippen LogP contribution in [0.3, 0.4) is 0 Å². The van der Waals surface area contributed by atoms with E-state index < -0.39 is 0 Å². The van der Waals surface area contributed by atoms with Crippen LogP contribution in [-0.4, -0.2) is 35.6 Å². The quantitative estimate of drug-likeness (QED) is 0.441. The lowest BCUT2D eigenvalue weighted by Gasteiger charge is -2.10. The number of aromatic nitrogens is 2. The van der Waals surface area contributed by atoms with Crippen molar-refractivity contribution in [2.75, 3.05) is 19.8 Å². The van der Waals surface area contributed by atoms with Crippen LogP contribution in [0.25, 0.3) is 10.2 Å². The molecule has 7 heteroatoms. The van der Waals surface area contributed by atoms with Crippen molar-refractivity contribution in [3.05, 3.63) is 46.6 Å². The predicted octanol–water partition coefficient (Wildman–Crippen LogP) is 4.62. The minimum Gasteiger partial charge on any atom is -0.382 e. The minimum absolute atomic E-state index is 0.0712. The molecule has 1 aromatic carbocycles. The third-order valence-electron chi connectivity index (χ3n) is 4.22. The largest absolute Gasteiger partial charge is 0.382 e. The average molecular weight is 402 g/mol. The SMILES string of the molecule is CCOCCCNC(=O)c1ccccc1Sc1ncnc2sc(C)c(C)c12. The van der Waals surface area contributed by atoms with Gasteiger partial charge in [0.1, 0.15) is 16.2 Å². The third-order valence-corrected chi connectivity index (χ3v) is 6.42. The van der Waals surface area contributed by atoms with E-state index in [-0.39, 0.29) is 5.91 Å². The lowest BCUT2D eigenvalue weighted by Crippen LogP contribution is -2.25. The number of benzene rings is 1. The van der Waals surface area contributed by atoms with Crippen LogP contribution in [0.1, 0.15) is 34.1 Å². The molecule has 0 atom stereocenters. The van der Waals surface area contributed by atoms with Crippen molar-refractivity contribution in [2.45, 2.75) is 37.1 Å². The van der Waals surface area contributed by atoms with E-state index >= 15 is 0 Å². The summed E-state index contributed by atoms with van der Waals surface area (Å²) in [4.78, 5) is 24.6. The van der Waals surface area contributed by atoms with Gasteiger partial charge in [-0.15, -0.1) is 11.3 Å². The Morgan fingerprint density at radius 3 is 2.89 bits per heavy atom. The molecule has 142 valence electrons. The van der Waals surface area contributed by atoms with Crippen LogP contribution in [0.5, 0.6) is 0 Å². The van der Waals surface area contributed by atoms with Gasteiger partial charge in [-0.1, -0.05) is 23.9 Å². The first kappa shape index (κ1) is 19.8. The van der Waals surface area contributed by atoms with Crippen LogP contribution >= 0.6 is 23.1 Å². The van der Waals surface area contributed by atoms with E-state index in [1.54, 1.807) is 17.7 Å². The Hall–Kier alpha value is -1.96. The van der Waals surface area contributed by atoms with Gasteiger partial charge in [-0.25, -0.2) is 9.97 Å². The molecule has 0 aliphatic carbocycles. The lowest BCUT2D eigenvalue weighted by molar-refractivity contribution is 0.0941. The summed E-state index contributed by atoms with van der Waals surface area (Å²) in [7, 11) is 0. The van der Waals surface area contributed by atoms with E-state index in [0.717, 1.165) is 26.6 Å². The highest BCUT2D eigenvalue weighted by molar-refractivity contribution is 7.99. The van der Waals surface area contributed by atoms with Crippen LogP contribution in [-0.2, 0) is 4.74 Å². The molecule has 0 unspecified atom stereocenters. The molecule has 2 aromatic heterocycles. The molecule has 0 fully saturated rings. The lowest BCUT2D eigenvalue weighted by atomic mass is 10.2. The fourth-order valence-electron chi connectivity index (χ4n) is 2.69. The molecule has 3 aromatic rings. The Morgan fingerprint density at radius 2 is 2.07 bits per heavy atom. The van der Waals surface area contributed by atoms with Gasteiger partial charge in [-0.3, -0.25) is 4.79 Å². The Balaban J connectivity index is 1.80. The zero-order chi connectivity index (χ0) is 19.2. The van der Waals surface area contributed by atoms with Gasteiger partial charge in [0, 0.05) is 34.9 Å². The second-order valence-electron chi connectivity index (χ2n) is 6.05. The van der Waals surface area contributed by atoms with Crippen molar-refractivity contribution in [1.82, 2.24) is 15.3 Å². The van der Waals surface area contributed by atoms with Gasteiger partial charge in [-0.2, -0.15) is 0 Å². The Labute approximate surface area is 167 Å². The zero-order valence-electron chi connectivity index (χ0n) is 15.7. The molecule has 0 spiro atoms. The first-order valence-corrected chi connectivity index (χ1v) is 10.6. The van der Waals surface area contributed by atoms with Gasteiger partial charge in [0.2, 0.25) is 0 Å². The van der Waals surface area contributed by atoms with Crippen LogP contribution in [0.4, 0.5) is 0 Å². The van der Waals surface area contributed by atoms with Crippen LogP contribution in [0.15, 0.2) is 40.5 Å². The Morgan fingerprint density at radius 1 is 1.26 bits per heavy atom. The van der Waals surface area contributed by atoms with Crippen molar-refractivity contribution in [3.63, 3.8) is 0 Å². The molecule has 0 aliphatic rings. The average Bonchev–Trinajstić information content (AvgIpc) is 2.97.